The summed E-state index contributed by atoms with van der Waals surface area (Å²) in [5, 5.41) is 0. The van der Waals surface area contributed by atoms with Crippen LogP contribution in [0.5, 0.6) is 0 Å². The van der Waals surface area contributed by atoms with Crippen molar-refractivity contribution in [3.8, 4) is 0 Å². The van der Waals surface area contributed by atoms with Crippen molar-refractivity contribution in [1.82, 2.24) is 0 Å². The van der Waals surface area contributed by atoms with Gasteiger partial charge in [0.25, 0.3) is 0 Å². The van der Waals surface area contributed by atoms with Crippen molar-refractivity contribution in [3.63, 3.8) is 0 Å². The third-order valence-electron chi connectivity index (χ3n) is 8.87. The van der Waals surface area contributed by atoms with Crippen molar-refractivity contribution in [3.05, 3.63) is 93.2 Å². The number of hydrogen-bond donors (Lipinski definition) is 0. The van der Waals surface area contributed by atoms with Crippen LogP contribution in [0.2, 0.25) is 0 Å². The molecule has 0 saturated carbocycles. The zero-order chi connectivity index (χ0) is 36.6. The second kappa shape index (κ2) is 26.2. The Balaban J connectivity index is 6.19. The van der Waals surface area contributed by atoms with Crippen LogP contribution in [0, 0.1) is 17.8 Å². The van der Waals surface area contributed by atoms with E-state index in [9.17, 15) is 9.59 Å². The molecule has 0 aliphatic heterocycles. The predicted octanol–water partition coefficient (Wildman–Crippen LogP) is 14.3. The molecule has 0 aliphatic carbocycles. The van der Waals surface area contributed by atoms with Crippen molar-refractivity contribution in [2.75, 3.05) is 0 Å². The van der Waals surface area contributed by atoms with Crippen molar-refractivity contribution >= 4 is 11.6 Å². The van der Waals surface area contributed by atoms with Crippen molar-refractivity contribution in [1.29, 1.82) is 0 Å². The predicted molar refractivity (Wildman–Crippen MR) is 214 cm³/mol. The van der Waals surface area contributed by atoms with E-state index >= 15 is 0 Å². The molecule has 0 heterocycles. The normalized spacial score (nSPS) is 14.5. The van der Waals surface area contributed by atoms with Crippen LogP contribution >= 0.6 is 0 Å². The monoisotopic (exact) mass is 659 g/mol. The summed E-state index contributed by atoms with van der Waals surface area (Å²) in [6, 6.07) is 0. The third kappa shape index (κ3) is 25.3. The molecule has 270 valence electrons. The molecular weight excluding hydrogens is 585 g/mol. The number of rotatable bonds is 24. The largest absolute Gasteiger partial charge is 0.300 e. The maximum absolute atomic E-state index is 13.9. The number of ketones is 2. The van der Waals surface area contributed by atoms with E-state index in [-0.39, 0.29) is 29.3 Å². The Morgan fingerprint density at radius 3 is 1.21 bits per heavy atom. The Kier molecular flexibility index (Phi) is 24.7. The molecule has 2 heteroatoms. The highest BCUT2D eigenvalue weighted by Crippen LogP contribution is 2.29. The van der Waals surface area contributed by atoms with E-state index in [1.165, 1.54) is 44.6 Å². The molecule has 0 fully saturated rings. The number of hydrogen-bond acceptors (Lipinski definition) is 2. The highest BCUT2D eigenvalue weighted by molar-refractivity contribution is 5.87. The molecule has 0 aliphatic rings. The summed E-state index contributed by atoms with van der Waals surface area (Å²) in [4.78, 5) is 27.1. The van der Waals surface area contributed by atoms with Gasteiger partial charge in [-0.05, 0) is 166 Å². The van der Waals surface area contributed by atoms with Crippen molar-refractivity contribution in [2.24, 2.45) is 17.8 Å². The van der Waals surface area contributed by atoms with E-state index in [0.717, 1.165) is 64.2 Å². The molecule has 0 bridgehead atoms. The Morgan fingerprint density at radius 2 is 0.812 bits per heavy atom. The summed E-state index contributed by atoms with van der Waals surface area (Å²) in [6.45, 7) is 27.6. The summed E-state index contributed by atoms with van der Waals surface area (Å²) in [5.41, 5.74) is 10.7. The van der Waals surface area contributed by atoms with Crippen LogP contribution < -0.4 is 0 Å². The lowest BCUT2D eigenvalue weighted by atomic mass is 9.79. The first-order chi connectivity index (χ1) is 22.5. The van der Waals surface area contributed by atoms with Gasteiger partial charge in [0.2, 0.25) is 0 Å². The first-order valence-corrected chi connectivity index (χ1v) is 18.7. The highest BCUT2D eigenvalue weighted by atomic mass is 16.1. The smallest absolute Gasteiger partial charge is 0.134 e. The van der Waals surface area contributed by atoms with Gasteiger partial charge in [-0.1, -0.05) is 93.2 Å². The van der Waals surface area contributed by atoms with Gasteiger partial charge in [-0.25, -0.2) is 0 Å². The molecule has 0 spiro atoms. The zero-order valence-corrected chi connectivity index (χ0v) is 33.7. The van der Waals surface area contributed by atoms with Crippen molar-refractivity contribution in [2.45, 2.75) is 167 Å². The average Bonchev–Trinajstić information content (AvgIpc) is 2.96. The van der Waals surface area contributed by atoms with Gasteiger partial charge in [0, 0.05) is 18.8 Å². The lowest BCUT2D eigenvalue weighted by Gasteiger charge is -2.23. The van der Waals surface area contributed by atoms with E-state index in [0.29, 0.717) is 12.8 Å². The SMILES string of the molecule is CC(=O)C(CC(=O)CC(/C=C(\C)CCC=C(C)C)C/C=C(\C)CCC=C(C)C)C(/C=C(\C)CCC=C(C)C)C/C=C(\C)CCC=C(C)C. The number of carbonyl (C=O) groups is 2. The van der Waals surface area contributed by atoms with Crippen LogP contribution in [0.15, 0.2) is 93.2 Å². The summed E-state index contributed by atoms with van der Waals surface area (Å²) in [6.07, 6.45) is 29.0. The van der Waals surface area contributed by atoms with Crippen LogP contribution in [-0.4, -0.2) is 11.6 Å². The lowest BCUT2D eigenvalue weighted by molar-refractivity contribution is -0.128. The average molecular weight is 659 g/mol. The van der Waals surface area contributed by atoms with Gasteiger partial charge in [0.1, 0.15) is 11.6 Å². The molecule has 3 atom stereocenters. The summed E-state index contributed by atoms with van der Waals surface area (Å²) >= 11 is 0. The van der Waals surface area contributed by atoms with Crippen LogP contribution in [0.25, 0.3) is 0 Å². The Hall–Kier alpha value is -2.74. The Labute approximate surface area is 298 Å². The first-order valence-electron chi connectivity index (χ1n) is 18.7. The number of carbonyl (C=O) groups excluding carboxylic acids is 2. The fourth-order valence-corrected chi connectivity index (χ4v) is 5.96. The number of Topliss-reactive ketones (excluding diaryl/α,β-unsaturated/α-hetero) is 2. The Morgan fingerprint density at radius 1 is 0.438 bits per heavy atom. The van der Waals surface area contributed by atoms with Crippen LogP contribution in [0.4, 0.5) is 0 Å². The molecule has 0 N–H and O–H groups in total. The van der Waals surface area contributed by atoms with Gasteiger partial charge >= 0.3 is 0 Å². The maximum atomic E-state index is 13.9. The molecular formula is C46H74O2. The number of allylic oxidation sites excluding steroid dienone is 16. The van der Waals surface area contributed by atoms with Crippen molar-refractivity contribution < 1.29 is 9.59 Å². The van der Waals surface area contributed by atoms with E-state index < -0.39 is 0 Å². The summed E-state index contributed by atoms with van der Waals surface area (Å²) < 4.78 is 0. The third-order valence-corrected chi connectivity index (χ3v) is 8.87. The lowest BCUT2D eigenvalue weighted by Crippen LogP contribution is -2.25. The van der Waals surface area contributed by atoms with Gasteiger partial charge in [-0.3, -0.25) is 9.59 Å². The van der Waals surface area contributed by atoms with Gasteiger partial charge in [0.15, 0.2) is 0 Å². The molecule has 0 saturated heterocycles. The van der Waals surface area contributed by atoms with Gasteiger partial charge in [-0.15, -0.1) is 0 Å². The van der Waals surface area contributed by atoms with Gasteiger partial charge in [0.05, 0.1) is 0 Å². The first kappa shape index (κ1) is 45.3. The van der Waals surface area contributed by atoms with E-state index in [2.05, 4.69) is 132 Å². The summed E-state index contributed by atoms with van der Waals surface area (Å²) in [5.74, 6) is 0.189. The van der Waals surface area contributed by atoms with Gasteiger partial charge < -0.3 is 0 Å². The van der Waals surface area contributed by atoms with Crippen LogP contribution in [-0.2, 0) is 9.59 Å². The van der Waals surface area contributed by atoms with E-state index in [4.69, 9.17) is 0 Å². The molecule has 0 radical (unpaired) electrons. The minimum absolute atomic E-state index is 0.0218. The zero-order valence-electron chi connectivity index (χ0n) is 33.7. The Bertz CT molecular complexity index is 1220. The second-order valence-electron chi connectivity index (χ2n) is 15.5. The standard InChI is InChI=1S/C46H74O2/c1-34(2)18-14-22-38(9)26-28-43(30-40(11)24-16-20-36(5)6)32-45(48)33-46(42(13)47)44(31-41(12)25-17-21-37(7)8)29-27-39(10)23-15-19-35(3)4/h18-21,26-27,30-31,43-44,46H,14-17,22-25,28-29,32-33H2,1-13H3/b38-26+,39-27+,40-30+,41-31+. The second-order valence-corrected chi connectivity index (χ2v) is 15.5. The van der Waals surface area contributed by atoms with Gasteiger partial charge in [-0.2, -0.15) is 0 Å². The highest BCUT2D eigenvalue weighted by Gasteiger charge is 2.27. The molecule has 2 nitrogen and oxygen atoms in total. The fourth-order valence-electron chi connectivity index (χ4n) is 5.96. The molecule has 0 rings (SSSR count). The fraction of sp³-hybridized carbons (Fsp3) is 0.609. The molecule has 0 aromatic carbocycles. The molecule has 0 aromatic heterocycles. The van der Waals surface area contributed by atoms with Crippen LogP contribution in [0.1, 0.15) is 167 Å². The minimum atomic E-state index is -0.303. The molecule has 0 amide bonds. The van der Waals surface area contributed by atoms with Crippen LogP contribution in [0.3, 0.4) is 0 Å². The molecule has 0 aromatic rings. The quantitative estimate of drug-likeness (QED) is 0.0967. The molecule has 3 unspecified atom stereocenters. The molecule has 48 heavy (non-hydrogen) atoms. The van der Waals surface area contributed by atoms with E-state index in [1.807, 2.05) is 0 Å². The topological polar surface area (TPSA) is 34.1 Å². The minimum Gasteiger partial charge on any atom is -0.300 e. The summed E-state index contributed by atoms with van der Waals surface area (Å²) in [7, 11) is 0. The van der Waals surface area contributed by atoms with E-state index in [1.54, 1.807) is 6.92 Å². The maximum Gasteiger partial charge on any atom is 0.134 e.